The molecule has 1 aromatic rings. The van der Waals surface area contributed by atoms with Gasteiger partial charge in [0, 0.05) is 6.54 Å². The summed E-state index contributed by atoms with van der Waals surface area (Å²) in [4.78, 5) is 11.6. The molecule has 0 spiro atoms. The fourth-order valence-corrected chi connectivity index (χ4v) is 2.20. The Labute approximate surface area is 106 Å². The van der Waals surface area contributed by atoms with Crippen LogP contribution in [0.2, 0.25) is 0 Å². The summed E-state index contributed by atoms with van der Waals surface area (Å²) in [6.07, 6.45) is 4.91. The van der Waals surface area contributed by atoms with Crippen LogP contribution in [-0.2, 0) is 11.3 Å². The number of aromatic nitrogens is 4. The number of rotatable bonds is 4. The molecule has 1 aliphatic rings. The van der Waals surface area contributed by atoms with Gasteiger partial charge >= 0.3 is 0 Å². The predicted molar refractivity (Wildman–Crippen MR) is 63.4 cm³/mol. The molecule has 1 aromatic heterocycles. The Bertz CT molecular complexity index is 384. The summed E-state index contributed by atoms with van der Waals surface area (Å²) in [7, 11) is 0. The third-order valence-corrected chi connectivity index (χ3v) is 3.52. The molecule has 18 heavy (non-hydrogen) atoms. The summed E-state index contributed by atoms with van der Waals surface area (Å²) in [5.41, 5.74) is -0.747. The summed E-state index contributed by atoms with van der Waals surface area (Å²) in [6.45, 7) is 2.58. The molecule has 1 saturated carbocycles. The van der Waals surface area contributed by atoms with Crippen LogP contribution in [0.4, 0.5) is 0 Å². The number of tetrazole rings is 1. The number of hydrogen-bond donors (Lipinski definition) is 2. The van der Waals surface area contributed by atoms with Gasteiger partial charge in [0.2, 0.25) is 5.91 Å². The van der Waals surface area contributed by atoms with E-state index in [9.17, 15) is 9.90 Å². The molecule has 0 bridgehead atoms. The lowest BCUT2D eigenvalue weighted by atomic mass is 9.79. The molecule has 1 aliphatic carbocycles. The van der Waals surface area contributed by atoms with E-state index in [1.165, 1.54) is 11.0 Å². The van der Waals surface area contributed by atoms with E-state index < -0.39 is 5.60 Å². The van der Waals surface area contributed by atoms with Crippen LogP contribution < -0.4 is 5.32 Å². The van der Waals surface area contributed by atoms with Crippen molar-refractivity contribution < 1.29 is 9.90 Å². The number of nitrogens with one attached hydrogen (secondary N) is 1. The molecule has 0 unspecified atom stereocenters. The van der Waals surface area contributed by atoms with Gasteiger partial charge < -0.3 is 10.4 Å². The van der Waals surface area contributed by atoms with Gasteiger partial charge in [0.1, 0.15) is 12.9 Å². The van der Waals surface area contributed by atoms with Gasteiger partial charge in [-0.15, -0.1) is 5.10 Å². The average molecular weight is 253 g/mol. The third kappa shape index (κ3) is 3.49. The van der Waals surface area contributed by atoms with Gasteiger partial charge in [-0.05, 0) is 42.0 Å². The van der Waals surface area contributed by atoms with E-state index in [1.54, 1.807) is 0 Å². The molecule has 2 rings (SSSR count). The normalized spacial score (nSPS) is 28.0. The van der Waals surface area contributed by atoms with E-state index in [0.717, 1.165) is 25.7 Å². The highest BCUT2D eigenvalue weighted by atomic mass is 16.3. The SMILES string of the molecule is CC1CCC(O)(CNC(=O)Cn2cnnn2)CC1. The van der Waals surface area contributed by atoms with Crippen LogP contribution in [0.3, 0.4) is 0 Å². The fourth-order valence-electron chi connectivity index (χ4n) is 2.20. The van der Waals surface area contributed by atoms with Gasteiger partial charge in [0.25, 0.3) is 0 Å². The lowest BCUT2D eigenvalue weighted by molar-refractivity contribution is -0.123. The smallest absolute Gasteiger partial charge is 0.241 e. The van der Waals surface area contributed by atoms with Gasteiger partial charge in [-0.2, -0.15) is 0 Å². The number of hydrogen-bond acceptors (Lipinski definition) is 5. The van der Waals surface area contributed by atoms with Crippen LogP contribution in [0.5, 0.6) is 0 Å². The van der Waals surface area contributed by atoms with Crippen molar-refractivity contribution >= 4 is 5.91 Å². The predicted octanol–water partition coefficient (Wildman–Crippen LogP) is -0.270. The zero-order valence-corrected chi connectivity index (χ0v) is 10.5. The average Bonchev–Trinajstić information content (AvgIpc) is 2.84. The summed E-state index contributed by atoms with van der Waals surface area (Å²) >= 11 is 0. The highest BCUT2D eigenvalue weighted by Gasteiger charge is 2.31. The minimum absolute atomic E-state index is 0.0828. The molecule has 1 fully saturated rings. The Morgan fingerprint density at radius 3 is 2.89 bits per heavy atom. The van der Waals surface area contributed by atoms with Crippen LogP contribution in [0.25, 0.3) is 0 Å². The Kier molecular flexibility index (Phi) is 3.90. The Morgan fingerprint density at radius 2 is 2.28 bits per heavy atom. The molecule has 0 radical (unpaired) electrons. The van der Waals surface area contributed by atoms with E-state index in [0.29, 0.717) is 12.5 Å². The molecule has 0 aliphatic heterocycles. The summed E-state index contributed by atoms with van der Waals surface area (Å²) < 4.78 is 1.35. The Balaban J connectivity index is 1.75. The molecule has 1 amide bonds. The fraction of sp³-hybridized carbons (Fsp3) is 0.818. The summed E-state index contributed by atoms with van der Waals surface area (Å²) in [5.74, 6) is 0.483. The van der Waals surface area contributed by atoms with Crippen LogP contribution in [0.1, 0.15) is 32.6 Å². The van der Waals surface area contributed by atoms with Crippen molar-refractivity contribution in [1.29, 1.82) is 0 Å². The molecule has 0 aromatic carbocycles. The minimum Gasteiger partial charge on any atom is -0.388 e. The highest BCUT2D eigenvalue weighted by molar-refractivity contribution is 5.75. The van der Waals surface area contributed by atoms with Crippen LogP contribution in [-0.4, -0.2) is 43.4 Å². The lowest BCUT2D eigenvalue weighted by Gasteiger charge is -2.34. The van der Waals surface area contributed by atoms with Crippen LogP contribution in [0.15, 0.2) is 6.33 Å². The molecule has 0 atom stereocenters. The highest BCUT2D eigenvalue weighted by Crippen LogP contribution is 2.31. The first kappa shape index (κ1) is 12.9. The topological polar surface area (TPSA) is 92.9 Å². The summed E-state index contributed by atoms with van der Waals surface area (Å²) in [6, 6.07) is 0. The minimum atomic E-state index is -0.747. The maximum Gasteiger partial charge on any atom is 0.241 e. The monoisotopic (exact) mass is 253 g/mol. The van der Waals surface area contributed by atoms with E-state index in [4.69, 9.17) is 0 Å². The van der Waals surface area contributed by atoms with Crippen molar-refractivity contribution in [3.63, 3.8) is 0 Å². The summed E-state index contributed by atoms with van der Waals surface area (Å²) in [5, 5.41) is 23.6. The molecular formula is C11H19N5O2. The van der Waals surface area contributed by atoms with Gasteiger partial charge in [-0.1, -0.05) is 6.92 Å². The second-order valence-electron chi connectivity index (χ2n) is 5.19. The largest absolute Gasteiger partial charge is 0.388 e. The molecule has 1 heterocycles. The number of carbonyl (C=O) groups is 1. The van der Waals surface area contributed by atoms with Gasteiger partial charge in [-0.25, -0.2) is 4.68 Å². The molecular weight excluding hydrogens is 234 g/mol. The maximum absolute atomic E-state index is 11.6. The van der Waals surface area contributed by atoms with Crippen LogP contribution >= 0.6 is 0 Å². The number of aliphatic hydroxyl groups is 1. The lowest BCUT2D eigenvalue weighted by Crippen LogP contribution is -2.45. The zero-order chi connectivity index (χ0) is 13.0. The van der Waals surface area contributed by atoms with Crippen molar-refractivity contribution in [3.8, 4) is 0 Å². The first-order valence-electron chi connectivity index (χ1n) is 6.27. The first-order valence-corrected chi connectivity index (χ1v) is 6.27. The van der Waals surface area contributed by atoms with E-state index in [-0.39, 0.29) is 12.5 Å². The molecule has 2 N–H and O–H groups in total. The number of carbonyl (C=O) groups excluding carboxylic acids is 1. The van der Waals surface area contributed by atoms with Gasteiger partial charge in [0.15, 0.2) is 0 Å². The molecule has 7 heteroatoms. The van der Waals surface area contributed by atoms with Crippen LogP contribution in [0, 0.1) is 5.92 Å². The number of nitrogens with zero attached hydrogens (tertiary/aromatic N) is 4. The molecule has 0 saturated heterocycles. The van der Waals surface area contributed by atoms with Crippen molar-refractivity contribution in [2.45, 2.75) is 44.8 Å². The third-order valence-electron chi connectivity index (χ3n) is 3.52. The Morgan fingerprint density at radius 1 is 1.56 bits per heavy atom. The van der Waals surface area contributed by atoms with Crippen molar-refractivity contribution in [2.75, 3.05) is 6.54 Å². The van der Waals surface area contributed by atoms with Crippen molar-refractivity contribution in [2.24, 2.45) is 5.92 Å². The zero-order valence-electron chi connectivity index (χ0n) is 10.5. The van der Waals surface area contributed by atoms with E-state index in [1.807, 2.05) is 0 Å². The molecule has 100 valence electrons. The number of amides is 1. The van der Waals surface area contributed by atoms with Crippen molar-refractivity contribution in [3.05, 3.63) is 6.33 Å². The van der Waals surface area contributed by atoms with Crippen molar-refractivity contribution in [1.82, 2.24) is 25.5 Å². The van der Waals surface area contributed by atoms with E-state index in [2.05, 4.69) is 27.8 Å². The second-order valence-corrected chi connectivity index (χ2v) is 5.19. The molecule has 7 nitrogen and oxygen atoms in total. The second kappa shape index (κ2) is 5.43. The Hall–Kier alpha value is -1.50. The van der Waals surface area contributed by atoms with Gasteiger partial charge in [-0.3, -0.25) is 4.79 Å². The first-order chi connectivity index (χ1) is 8.57. The van der Waals surface area contributed by atoms with E-state index >= 15 is 0 Å². The standard InChI is InChI=1S/C11H19N5O2/c1-9-2-4-11(18,5-3-9)7-12-10(17)6-16-8-13-14-15-16/h8-9,18H,2-7H2,1H3,(H,12,17). The quantitative estimate of drug-likeness (QED) is 0.770. The maximum atomic E-state index is 11.6. The van der Waals surface area contributed by atoms with Gasteiger partial charge in [0.05, 0.1) is 5.60 Å².